The molecule has 0 aliphatic carbocycles. The molecule has 0 saturated carbocycles. The molecule has 2 N–H and O–H groups in total. The number of amides is 1. The molecule has 2 rings (SSSR count). The molecule has 0 atom stereocenters. The van der Waals surface area contributed by atoms with Crippen LogP contribution in [0.4, 0.5) is 4.39 Å². The molecule has 1 aliphatic rings. The first-order chi connectivity index (χ1) is 11.5. The molecule has 0 unspecified atom stereocenters. The molecule has 1 aliphatic heterocycles. The van der Waals surface area contributed by atoms with Crippen LogP contribution in [0.15, 0.2) is 24.3 Å². The fourth-order valence-electron chi connectivity index (χ4n) is 3.02. The van der Waals surface area contributed by atoms with Crippen molar-refractivity contribution < 1.29 is 18.7 Å². The molecular formula is C18H25FN2O3. The van der Waals surface area contributed by atoms with Gasteiger partial charge in [-0.2, -0.15) is 0 Å². The lowest BCUT2D eigenvalue weighted by Gasteiger charge is -2.37. The second kappa shape index (κ2) is 8.89. The average Bonchev–Trinajstić information content (AvgIpc) is 2.60. The molecule has 24 heavy (non-hydrogen) atoms. The molecular weight excluding hydrogens is 311 g/mol. The fourth-order valence-corrected chi connectivity index (χ4v) is 3.02. The van der Waals surface area contributed by atoms with Gasteiger partial charge in [0, 0.05) is 37.5 Å². The maximum atomic E-state index is 12.9. The van der Waals surface area contributed by atoms with Crippen LogP contribution < -0.4 is 10.6 Å². The van der Waals surface area contributed by atoms with E-state index in [9.17, 15) is 14.0 Å². The molecule has 6 heteroatoms. The van der Waals surface area contributed by atoms with Crippen molar-refractivity contribution in [2.45, 2.75) is 25.7 Å². The molecule has 1 fully saturated rings. The molecule has 1 saturated heterocycles. The lowest BCUT2D eigenvalue weighted by molar-refractivity contribution is -0.122. The molecule has 0 radical (unpaired) electrons. The highest BCUT2D eigenvalue weighted by molar-refractivity contribution is 5.97. The van der Waals surface area contributed by atoms with Crippen molar-refractivity contribution in [3.63, 3.8) is 0 Å². The molecule has 1 heterocycles. The van der Waals surface area contributed by atoms with E-state index >= 15 is 0 Å². The Balaban J connectivity index is 1.78. The smallest absolute Gasteiger partial charge is 0.220 e. The van der Waals surface area contributed by atoms with Crippen molar-refractivity contribution in [3.05, 3.63) is 35.6 Å². The monoisotopic (exact) mass is 336 g/mol. The third kappa shape index (κ3) is 5.39. The van der Waals surface area contributed by atoms with Gasteiger partial charge in [0.15, 0.2) is 5.78 Å². The van der Waals surface area contributed by atoms with Crippen LogP contribution in [0.25, 0.3) is 0 Å². The van der Waals surface area contributed by atoms with E-state index in [1.807, 2.05) is 0 Å². The Bertz CT molecular complexity index is 548. The number of piperidine rings is 1. The first-order valence-electron chi connectivity index (χ1n) is 8.30. The highest BCUT2D eigenvalue weighted by atomic mass is 19.1. The first kappa shape index (κ1) is 18.5. The SMILES string of the molecule is COCC1(CNC(=O)CCC(=O)c2ccc(F)cc2)CCNCC1. The van der Waals surface area contributed by atoms with Crippen LogP contribution in [0, 0.1) is 11.2 Å². The molecule has 0 bridgehead atoms. The van der Waals surface area contributed by atoms with Gasteiger partial charge in [0.1, 0.15) is 5.82 Å². The maximum absolute atomic E-state index is 12.9. The van der Waals surface area contributed by atoms with Gasteiger partial charge in [-0.25, -0.2) is 4.39 Å². The van der Waals surface area contributed by atoms with Crippen molar-refractivity contribution >= 4 is 11.7 Å². The summed E-state index contributed by atoms with van der Waals surface area (Å²) in [4.78, 5) is 24.0. The van der Waals surface area contributed by atoms with Gasteiger partial charge < -0.3 is 15.4 Å². The zero-order valence-electron chi connectivity index (χ0n) is 14.1. The van der Waals surface area contributed by atoms with Crippen LogP contribution in [0.2, 0.25) is 0 Å². The Labute approximate surface area is 142 Å². The van der Waals surface area contributed by atoms with Crippen LogP contribution in [0.1, 0.15) is 36.0 Å². The minimum Gasteiger partial charge on any atom is -0.384 e. The van der Waals surface area contributed by atoms with Gasteiger partial charge in [-0.15, -0.1) is 0 Å². The van der Waals surface area contributed by atoms with E-state index in [1.165, 1.54) is 24.3 Å². The Hall–Kier alpha value is -1.79. The number of ether oxygens (including phenoxy) is 1. The summed E-state index contributed by atoms with van der Waals surface area (Å²) in [6, 6.07) is 5.38. The number of ketones is 1. The van der Waals surface area contributed by atoms with E-state index in [0.717, 1.165) is 25.9 Å². The predicted octanol–water partition coefficient (Wildman–Crippen LogP) is 1.92. The summed E-state index contributed by atoms with van der Waals surface area (Å²) >= 11 is 0. The summed E-state index contributed by atoms with van der Waals surface area (Å²) in [6.45, 7) is 3.01. The Morgan fingerprint density at radius 1 is 1.21 bits per heavy atom. The number of carbonyl (C=O) groups excluding carboxylic acids is 2. The third-order valence-corrected chi connectivity index (χ3v) is 4.52. The number of Topliss-reactive ketones (excluding diaryl/α,β-unsaturated/α-hetero) is 1. The average molecular weight is 336 g/mol. The van der Waals surface area contributed by atoms with Gasteiger partial charge in [0.05, 0.1) is 6.61 Å². The van der Waals surface area contributed by atoms with Crippen molar-refractivity contribution in [2.24, 2.45) is 5.41 Å². The van der Waals surface area contributed by atoms with Crippen molar-refractivity contribution in [3.8, 4) is 0 Å². The van der Waals surface area contributed by atoms with Gasteiger partial charge >= 0.3 is 0 Å². The summed E-state index contributed by atoms with van der Waals surface area (Å²) in [5.41, 5.74) is 0.398. The van der Waals surface area contributed by atoms with E-state index in [2.05, 4.69) is 10.6 Å². The van der Waals surface area contributed by atoms with Crippen LogP contribution in [0.5, 0.6) is 0 Å². The fraction of sp³-hybridized carbons (Fsp3) is 0.556. The number of carbonyl (C=O) groups is 2. The first-order valence-corrected chi connectivity index (χ1v) is 8.30. The van der Waals surface area contributed by atoms with Gasteiger partial charge in [-0.05, 0) is 50.2 Å². The van der Waals surface area contributed by atoms with Crippen LogP contribution in [0.3, 0.4) is 0 Å². The lowest BCUT2D eigenvalue weighted by Crippen LogP contribution is -2.47. The van der Waals surface area contributed by atoms with Crippen molar-refractivity contribution in [1.29, 1.82) is 0 Å². The molecule has 5 nitrogen and oxygen atoms in total. The summed E-state index contributed by atoms with van der Waals surface area (Å²) < 4.78 is 18.2. The molecule has 0 aromatic heterocycles. The van der Waals surface area contributed by atoms with E-state index in [1.54, 1.807) is 7.11 Å². The molecule has 1 amide bonds. The van der Waals surface area contributed by atoms with Gasteiger partial charge in [0.25, 0.3) is 0 Å². The van der Waals surface area contributed by atoms with E-state index in [0.29, 0.717) is 18.7 Å². The van der Waals surface area contributed by atoms with E-state index in [-0.39, 0.29) is 35.8 Å². The molecule has 1 aromatic carbocycles. The van der Waals surface area contributed by atoms with Crippen LogP contribution in [-0.4, -0.2) is 45.0 Å². The van der Waals surface area contributed by atoms with Crippen molar-refractivity contribution in [1.82, 2.24) is 10.6 Å². The van der Waals surface area contributed by atoms with Crippen molar-refractivity contribution in [2.75, 3.05) is 33.4 Å². The quantitative estimate of drug-likeness (QED) is 0.712. The minimum absolute atomic E-state index is 0.0311. The zero-order chi connectivity index (χ0) is 17.4. The normalized spacial score (nSPS) is 16.6. The summed E-state index contributed by atoms with van der Waals surface area (Å²) in [5.74, 6) is -0.673. The number of benzene rings is 1. The summed E-state index contributed by atoms with van der Waals surface area (Å²) in [5, 5.41) is 6.24. The molecule has 0 spiro atoms. The predicted molar refractivity (Wildman–Crippen MR) is 89.4 cm³/mol. The highest BCUT2D eigenvalue weighted by Crippen LogP contribution is 2.28. The van der Waals surface area contributed by atoms with Crippen LogP contribution >= 0.6 is 0 Å². The number of halogens is 1. The van der Waals surface area contributed by atoms with Crippen LogP contribution in [-0.2, 0) is 9.53 Å². The van der Waals surface area contributed by atoms with E-state index in [4.69, 9.17) is 4.74 Å². The van der Waals surface area contributed by atoms with Gasteiger partial charge in [-0.3, -0.25) is 9.59 Å². The lowest BCUT2D eigenvalue weighted by atomic mass is 9.79. The Morgan fingerprint density at radius 2 is 1.88 bits per heavy atom. The molecule has 1 aromatic rings. The Morgan fingerprint density at radius 3 is 2.50 bits per heavy atom. The number of rotatable bonds is 8. The number of hydrogen-bond acceptors (Lipinski definition) is 4. The number of nitrogens with one attached hydrogen (secondary N) is 2. The summed E-state index contributed by atoms with van der Waals surface area (Å²) in [7, 11) is 1.67. The van der Waals surface area contributed by atoms with E-state index < -0.39 is 0 Å². The second-order valence-electron chi connectivity index (χ2n) is 6.39. The zero-order valence-corrected chi connectivity index (χ0v) is 14.1. The van der Waals surface area contributed by atoms with Gasteiger partial charge in [-0.1, -0.05) is 0 Å². The number of hydrogen-bond donors (Lipinski definition) is 2. The standard InChI is InChI=1S/C18H25FN2O3/c1-24-13-18(8-10-20-11-9-18)12-21-17(23)7-6-16(22)14-2-4-15(19)5-3-14/h2-5,20H,6-13H2,1H3,(H,21,23). The number of methoxy groups -OCH3 is 1. The van der Waals surface area contributed by atoms with Gasteiger partial charge in [0.2, 0.25) is 5.91 Å². The second-order valence-corrected chi connectivity index (χ2v) is 6.39. The minimum atomic E-state index is -0.380. The third-order valence-electron chi connectivity index (χ3n) is 4.52. The summed E-state index contributed by atoms with van der Waals surface area (Å²) in [6.07, 6.45) is 2.17. The highest BCUT2D eigenvalue weighted by Gasteiger charge is 2.32. The maximum Gasteiger partial charge on any atom is 0.220 e. The topological polar surface area (TPSA) is 67.4 Å². The Kier molecular flexibility index (Phi) is 6.87. The molecule has 132 valence electrons. The largest absolute Gasteiger partial charge is 0.384 e.